The Labute approximate surface area is 119 Å². The van der Waals surface area contributed by atoms with E-state index in [2.05, 4.69) is 28.5 Å². The van der Waals surface area contributed by atoms with Crippen molar-refractivity contribution in [3.63, 3.8) is 0 Å². The number of nitrogens with one attached hydrogen (secondary N) is 2. The summed E-state index contributed by atoms with van der Waals surface area (Å²) in [5.74, 6) is 0.719. The molecule has 3 heteroatoms. The van der Waals surface area contributed by atoms with E-state index in [0.29, 0.717) is 12.3 Å². The molecule has 1 unspecified atom stereocenters. The van der Waals surface area contributed by atoms with Gasteiger partial charge in [-0.1, -0.05) is 30.4 Å². The van der Waals surface area contributed by atoms with E-state index in [9.17, 15) is 4.79 Å². The zero-order chi connectivity index (χ0) is 13.8. The zero-order valence-electron chi connectivity index (χ0n) is 11.6. The molecule has 1 aliphatic rings. The van der Waals surface area contributed by atoms with Crippen LogP contribution < -0.4 is 5.32 Å². The van der Waals surface area contributed by atoms with Crippen molar-refractivity contribution in [3.8, 4) is 0 Å². The topological polar surface area (TPSA) is 44.9 Å². The Morgan fingerprint density at radius 3 is 3.05 bits per heavy atom. The van der Waals surface area contributed by atoms with E-state index in [1.807, 2.05) is 24.4 Å². The number of carbonyl (C=O) groups is 1. The van der Waals surface area contributed by atoms with Crippen LogP contribution >= 0.6 is 0 Å². The lowest BCUT2D eigenvalue weighted by molar-refractivity contribution is -0.120. The van der Waals surface area contributed by atoms with Crippen LogP contribution in [0.2, 0.25) is 0 Å². The molecule has 0 spiro atoms. The molecule has 1 aromatic heterocycles. The number of amides is 1. The first-order chi connectivity index (χ1) is 9.83. The monoisotopic (exact) mass is 268 g/mol. The molecule has 1 aromatic carbocycles. The van der Waals surface area contributed by atoms with Crippen LogP contribution in [0.5, 0.6) is 0 Å². The van der Waals surface area contributed by atoms with Crippen molar-refractivity contribution >= 4 is 16.8 Å². The van der Waals surface area contributed by atoms with E-state index >= 15 is 0 Å². The van der Waals surface area contributed by atoms with Crippen LogP contribution in [0.25, 0.3) is 10.9 Å². The average Bonchev–Trinajstić information content (AvgIpc) is 2.90. The molecular weight excluding hydrogens is 248 g/mol. The van der Waals surface area contributed by atoms with Gasteiger partial charge in [0.2, 0.25) is 5.91 Å². The second-order valence-corrected chi connectivity index (χ2v) is 5.49. The highest BCUT2D eigenvalue weighted by molar-refractivity contribution is 5.88. The van der Waals surface area contributed by atoms with Crippen LogP contribution in [0.15, 0.2) is 42.6 Å². The summed E-state index contributed by atoms with van der Waals surface area (Å²) in [6.07, 6.45) is 10.3. The van der Waals surface area contributed by atoms with Crippen molar-refractivity contribution in [2.75, 3.05) is 6.54 Å². The molecule has 0 saturated carbocycles. The Morgan fingerprint density at radius 1 is 1.30 bits per heavy atom. The van der Waals surface area contributed by atoms with E-state index in [0.717, 1.165) is 35.9 Å². The number of aromatic nitrogens is 1. The molecule has 2 aromatic rings. The average molecular weight is 268 g/mol. The molecule has 3 rings (SSSR count). The summed E-state index contributed by atoms with van der Waals surface area (Å²) < 4.78 is 0. The Hall–Kier alpha value is -2.03. The van der Waals surface area contributed by atoms with Gasteiger partial charge in [-0.05, 0) is 36.8 Å². The number of carbonyl (C=O) groups excluding carboxylic acids is 1. The lowest BCUT2D eigenvalue weighted by Crippen LogP contribution is -2.30. The molecule has 1 atom stereocenters. The number of hydrogen-bond acceptors (Lipinski definition) is 1. The Kier molecular flexibility index (Phi) is 3.86. The van der Waals surface area contributed by atoms with Crippen LogP contribution in [-0.4, -0.2) is 17.4 Å². The number of rotatable bonds is 4. The second kappa shape index (κ2) is 5.95. The van der Waals surface area contributed by atoms with E-state index in [1.165, 1.54) is 6.42 Å². The van der Waals surface area contributed by atoms with Gasteiger partial charge in [-0.3, -0.25) is 4.79 Å². The van der Waals surface area contributed by atoms with Crippen LogP contribution in [-0.2, 0) is 11.2 Å². The molecule has 0 fully saturated rings. The van der Waals surface area contributed by atoms with Crippen molar-refractivity contribution in [1.82, 2.24) is 10.3 Å². The van der Waals surface area contributed by atoms with Gasteiger partial charge in [0.05, 0.1) is 6.42 Å². The largest absolute Gasteiger partial charge is 0.361 e. The number of hydrogen-bond donors (Lipinski definition) is 2. The first-order valence-electron chi connectivity index (χ1n) is 7.29. The molecule has 1 aliphatic carbocycles. The molecule has 3 nitrogen and oxygen atoms in total. The molecule has 0 radical (unpaired) electrons. The minimum absolute atomic E-state index is 0.115. The minimum atomic E-state index is 0.115. The van der Waals surface area contributed by atoms with Gasteiger partial charge < -0.3 is 10.3 Å². The van der Waals surface area contributed by atoms with Crippen molar-refractivity contribution < 1.29 is 4.79 Å². The van der Waals surface area contributed by atoms with Gasteiger partial charge in [-0.25, -0.2) is 0 Å². The lowest BCUT2D eigenvalue weighted by atomic mass is 9.94. The minimum Gasteiger partial charge on any atom is -0.361 e. The van der Waals surface area contributed by atoms with Crippen LogP contribution in [0, 0.1) is 5.92 Å². The Balaban J connectivity index is 1.57. The fourth-order valence-electron chi connectivity index (χ4n) is 2.81. The van der Waals surface area contributed by atoms with E-state index in [1.54, 1.807) is 0 Å². The molecular formula is C17H20N2O. The summed E-state index contributed by atoms with van der Waals surface area (Å²) >= 11 is 0. The first kappa shape index (κ1) is 13.0. The molecule has 0 bridgehead atoms. The Morgan fingerprint density at radius 2 is 2.20 bits per heavy atom. The van der Waals surface area contributed by atoms with Crippen molar-refractivity contribution in [2.45, 2.75) is 25.7 Å². The fourth-order valence-corrected chi connectivity index (χ4v) is 2.81. The number of H-pyrrole nitrogens is 1. The molecule has 2 N–H and O–H groups in total. The summed E-state index contributed by atoms with van der Waals surface area (Å²) in [5.41, 5.74) is 2.16. The molecule has 20 heavy (non-hydrogen) atoms. The molecule has 1 heterocycles. The normalized spacial score (nSPS) is 18.3. The lowest BCUT2D eigenvalue weighted by Gasteiger charge is -2.18. The summed E-state index contributed by atoms with van der Waals surface area (Å²) in [7, 11) is 0. The third-order valence-corrected chi connectivity index (χ3v) is 3.99. The summed E-state index contributed by atoms with van der Waals surface area (Å²) in [6.45, 7) is 0.797. The maximum absolute atomic E-state index is 12.1. The quantitative estimate of drug-likeness (QED) is 0.822. The molecule has 1 amide bonds. The fraction of sp³-hybridized carbons (Fsp3) is 0.353. The number of fused-ring (bicyclic) bond motifs is 1. The molecule has 104 valence electrons. The number of para-hydroxylation sites is 1. The van der Waals surface area contributed by atoms with E-state index < -0.39 is 0 Å². The standard InChI is InChI=1S/C17H20N2O/c20-17(19-11-13-6-2-1-3-7-13)10-14-12-18-16-9-5-4-8-15(14)16/h1-2,4-5,8-9,12-13,18H,3,6-7,10-11H2,(H,19,20). The highest BCUT2D eigenvalue weighted by Gasteiger charge is 2.12. The van der Waals surface area contributed by atoms with Gasteiger partial charge in [0.15, 0.2) is 0 Å². The van der Waals surface area contributed by atoms with Crippen LogP contribution in [0.4, 0.5) is 0 Å². The van der Waals surface area contributed by atoms with Gasteiger partial charge in [-0.2, -0.15) is 0 Å². The Bertz CT molecular complexity index is 627. The summed E-state index contributed by atoms with van der Waals surface area (Å²) in [5, 5.41) is 4.21. The predicted molar refractivity (Wildman–Crippen MR) is 81.5 cm³/mol. The highest BCUT2D eigenvalue weighted by Crippen LogP contribution is 2.19. The van der Waals surface area contributed by atoms with Crippen molar-refractivity contribution in [2.24, 2.45) is 5.92 Å². The molecule has 0 aliphatic heterocycles. The number of benzene rings is 1. The molecule has 0 saturated heterocycles. The number of allylic oxidation sites excluding steroid dienone is 2. The third-order valence-electron chi connectivity index (χ3n) is 3.99. The highest BCUT2D eigenvalue weighted by atomic mass is 16.1. The summed E-state index contributed by atoms with van der Waals surface area (Å²) in [4.78, 5) is 15.3. The maximum Gasteiger partial charge on any atom is 0.224 e. The van der Waals surface area contributed by atoms with Gasteiger partial charge in [0.1, 0.15) is 0 Å². The number of aromatic amines is 1. The zero-order valence-corrected chi connectivity index (χ0v) is 11.6. The summed E-state index contributed by atoms with van der Waals surface area (Å²) in [6, 6.07) is 8.09. The third kappa shape index (κ3) is 2.93. The first-order valence-corrected chi connectivity index (χ1v) is 7.29. The maximum atomic E-state index is 12.1. The van der Waals surface area contributed by atoms with Gasteiger partial charge >= 0.3 is 0 Å². The predicted octanol–water partition coefficient (Wildman–Crippen LogP) is 3.18. The second-order valence-electron chi connectivity index (χ2n) is 5.49. The van der Waals surface area contributed by atoms with E-state index in [4.69, 9.17) is 0 Å². The van der Waals surface area contributed by atoms with Gasteiger partial charge in [0, 0.05) is 23.6 Å². The SMILES string of the molecule is O=C(Cc1c[nH]c2ccccc12)NCC1CC=CCC1. The van der Waals surface area contributed by atoms with Crippen molar-refractivity contribution in [3.05, 3.63) is 48.2 Å². The van der Waals surface area contributed by atoms with Gasteiger partial charge in [0.25, 0.3) is 0 Å². The van der Waals surface area contributed by atoms with E-state index in [-0.39, 0.29) is 5.91 Å². The van der Waals surface area contributed by atoms with Crippen LogP contribution in [0.3, 0.4) is 0 Å². The van der Waals surface area contributed by atoms with Gasteiger partial charge in [-0.15, -0.1) is 0 Å². The smallest absolute Gasteiger partial charge is 0.224 e. The van der Waals surface area contributed by atoms with Crippen LogP contribution in [0.1, 0.15) is 24.8 Å². The van der Waals surface area contributed by atoms with Crippen molar-refractivity contribution in [1.29, 1.82) is 0 Å².